The zero-order valence-electron chi connectivity index (χ0n) is 14.5. The van der Waals surface area contributed by atoms with Crippen molar-refractivity contribution in [3.63, 3.8) is 0 Å². The van der Waals surface area contributed by atoms with Crippen molar-refractivity contribution in [2.75, 3.05) is 19.7 Å². The molecule has 1 amide bonds. The smallest absolute Gasteiger partial charge is 0.410 e. The standard InChI is InChI=1S/C17H27N3O3/c1-5-14-9-15(19-12-18-14)22-11-13-7-6-8-20(10-13)16(21)23-17(2,3)4/h9,12-13H,5-8,10-11H2,1-4H3. The van der Waals surface area contributed by atoms with E-state index >= 15 is 0 Å². The maximum absolute atomic E-state index is 12.2. The van der Waals surface area contributed by atoms with Crippen molar-refractivity contribution in [1.29, 1.82) is 0 Å². The van der Waals surface area contributed by atoms with Gasteiger partial charge in [0.25, 0.3) is 0 Å². The maximum atomic E-state index is 12.2. The fourth-order valence-corrected chi connectivity index (χ4v) is 2.55. The lowest BCUT2D eigenvalue weighted by Gasteiger charge is -2.33. The molecule has 128 valence electrons. The largest absolute Gasteiger partial charge is 0.477 e. The number of aromatic nitrogens is 2. The molecule has 0 aromatic carbocycles. The van der Waals surface area contributed by atoms with Crippen molar-refractivity contribution in [3.05, 3.63) is 18.1 Å². The van der Waals surface area contributed by atoms with Crippen molar-refractivity contribution in [1.82, 2.24) is 14.9 Å². The normalized spacial score (nSPS) is 18.6. The third kappa shape index (κ3) is 5.69. The molecule has 1 unspecified atom stereocenters. The molecule has 0 saturated carbocycles. The van der Waals surface area contributed by atoms with Gasteiger partial charge in [-0.3, -0.25) is 0 Å². The molecule has 2 rings (SSSR count). The van der Waals surface area contributed by atoms with E-state index in [1.165, 1.54) is 6.33 Å². The highest BCUT2D eigenvalue weighted by molar-refractivity contribution is 5.68. The molecule has 6 nitrogen and oxygen atoms in total. The monoisotopic (exact) mass is 321 g/mol. The van der Waals surface area contributed by atoms with Crippen LogP contribution in [0.3, 0.4) is 0 Å². The summed E-state index contributed by atoms with van der Waals surface area (Å²) in [4.78, 5) is 22.2. The van der Waals surface area contributed by atoms with Crippen molar-refractivity contribution in [3.8, 4) is 5.88 Å². The van der Waals surface area contributed by atoms with E-state index in [4.69, 9.17) is 9.47 Å². The minimum absolute atomic E-state index is 0.238. The van der Waals surface area contributed by atoms with Gasteiger partial charge in [-0.2, -0.15) is 0 Å². The lowest BCUT2D eigenvalue weighted by Crippen LogP contribution is -2.44. The number of aryl methyl sites for hydroxylation is 1. The number of carbonyl (C=O) groups excluding carboxylic acids is 1. The fourth-order valence-electron chi connectivity index (χ4n) is 2.55. The van der Waals surface area contributed by atoms with E-state index in [1.54, 1.807) is 4.90 Å². The Morgan fingerprint density at radius 2 is 2.17 bits per heavy atom. The molecule has 1 fully saturated rings. The molecule has 0 radical (unpaired) electrons. The molecule has 23 heavy (non-hydrogen) atoms. The van der Waals surface area contributed by atoms with Crippen molar-refractivity contribution >= 4 is 6.09 Å². The summed E-state index contributed by atoms with van der Waals surface area (Å²) in [5.41, 5.74) is 0.506. The summed E-state index contributed by atoms with van der Waals surface area (Å²) in [6.45, 7) is 9.67. The summed E-state index contributed by atoms with van der Waals surface area (Å²) in [7, 11) is 0. The summed E-state index contributed by atoms with van der Waals surface area (Å²) >= 11 is 0. The predicted molar refractivity (Wildman–Crippen MR) is 87.4 cm³/mol. The van der Waals surface area contributed by atoms with Crippen LogP contribution in [0.1, 0.15) is 46.2 Å². The summed E-state index contributed by atoms with van der Waals surface area (Å²) in [5, 5.41) is 0. The molecule has 0 spiro atoms. The Labute approximate surface area is 138 Å². The Kier molecular flexibility index (Phi) is 5.80. The Morgan fingerprint density at radius 3 is 2.87 bits per heavy atom. The van der Waals surface area contributed by atoms with Crippen LogP contribution in [0.15, 0.2) is 12.4 Å². The lowest BCUT2D eigenvalue weighted by atomic mass is 9.99. The maximum Gasteiger partial charge on any atom is 0.410 e. The molecule has 0 aliphatic carbocycles. The fraction of sp³-hybridized carbons (Fsp3) is 0.706. The highest BCUT2D eigenvalue weighted by atomic mass is 16.6. The third-order valence-electron chi connectivity index (χ3n) is 3.70. The van der Waals surface area contributed by atoms with Crippen LogP contribution in [0.2, 0.25) is 0 Å². The average molecular weight is 321 g/mol. The van der Waals surface area contributed by atoms with Gasteiger partial charge in [0.2, 0.25) is 5.88 Å². The van der Waals surface area contributed by atoms with E-state index in [2.05, 4.69) is 9.97 Å². The number of rotatable bonds is 4. The van der Waals surface area contributed by atoms with Crippen molar-refractivity contribution in [2.45, 2.75) is 52.6 Å². The second kappa shape index (κ2) is 7.62. The van der Waals surface area contributed by atoms with Crippen LogP contribution in [-0.4, -0.2) is 46.3 Å². The highest BCUT2D eigenvalue weighted by Gasteiger charge is 2.27. The quantitative estimate of drug-likeness (QED) is 0.853. The minimum atomic E-state index is -0.460. The molecule has 1 aliphatic heterocycles. The second-order valence-corrected chi connectivity index (χ2v) is 6.95. The van der Waals surface area contributed by atoms with Crippen molar-refractivity contribution < 1.29 is 14.3 Å². The minimum Gasteiger partial charge on any atom is -0.477 e. The SMILES string of the molecule is CCc1cc(OCC2CCCN(C(=O)OC(C)(C)C)C2)ncn1. The Balaban J connectivity index is 1.85. The summed E-state index contributed by atoms with van der Waals surface area (Å²) < 4.78 is 11.2. The summed E-state index contributed by atoms with van der Waals surface area (Å²) in [6, 6.07) is 1.87. The molecular weight excluding hydrogens is 294 g/mol. The predicted octanol–water partition coefficient (Wildman–Crippen LogP) is 3.06. The number of hydrogen-bond donors (Lipinski definition) is 0. The lowest BCUT2D eigenvalue weighted by molar-refractivity contribution is 0.0138. The summed E-state index contributed by atoms with van der Waals surface area (Å²) in [6.07, 6.45) is 4.16. The van der Waals surface area contributed by atoms with Crippen LogP contribution in [0.5, 0.6) is 5.88 Å². The number of ether oxygens (including phenoxy) is 2. The molecule has 0 N–H and O–H groups in total. The van der Waals surface area contributed by atoms with Gasteiger partial charge in [-0.05, 0) is 40.0 Å². The van der Waals surface area contributed by atoms with E-state index in [0.717, 1.165) is 31.5 Å². The van der Waals surface area contributed by atoms with E-state index < -0.39 is 5.60 Å². The first-order valence-corrected chi connectivity index (χ1v) is 8.29. The number of likely N-dealkylation sites (tertiary alicyclic amines) is 1. The molecular formula is C17H27N3O3. The summed E-state index contributed by atoms with van der Waals surface area (Å²) in [5.74, 6) is 0.905. The van der Waals surface area contributed by atoms with E-state index in [-0.39, 0.29) is 6.09 Å². The molecule has 1 aromatic heterocycles. The van der Waals surface area contributed by atoms with Gasteiger partial charge in [-0.25, -0.2) is 14.8 Å². The topological polar surface area (TPSA) is 64.5 Å². The van der Waals surface area contributed by atoms with Crippen LogP contribution in [0.25, 0.3) is 0 Å². The van der Waals surface area contributed by atoms with E-state index in [9.17, 15) is 4.79 Å². The average Bonchev–Trinajstić information content (AvgIpc) is 2.52. The van der Waals surface area contributed by atoms with Gasteiger partial charge in [0.05, 0.1) is 6.61 Å². The van der Waals surface area contributed by atoms with Crippen molar-refractivity contribution in [2.24, 2.45) is 5.92 Å². The van der Waals surface area contributed by atoms with E-state index in [1.807, 2.05) is 33.8 Å². The molecule has 1 aliphatic rings. The first-order valence-electron chi connectivity index (χ1n) is 8.29. The first kappa shape index (κ1) is 17.5. The number of hydrogen-bond acceptors (Lipinski definition) is 5. The molecule has 1 atom stereocenters. The van der Waals surface area contributed by atoms with Gasteiger partial charge < -0.3 is 14.4 Å². The van der Waals surface area contributed by atoms with Crippen LogP contribution < -0.4 is 4.74 Å². The highest BCUT2D eigenvalue weighted by Crippen LogP contribution is 2.20. The molecule has 6 heteroatoms. The zero-order valence-corrected chi connectivity index (χ0v) is 14.5. The van der Waals surface area contributed by atoms with Gasteiger partial charge in [-0.15, -0.1) is 0 Å². The zero-order chi connectivity index (χ0) is 16.9. The number of piperidine rings is 1. The van der Waals surface area contributed by atoms with Crippen LogP contribution in [0, 0.1) is 5.92 Å². The first-order chi connectivity index (χ1) is 10.9. The van der Waals surface area contributed by atoms with Gasteiger partial charge in [-0.1, -0.05) is 6.92 Å². The molecule has 1 saturated heterocycles. The molecule has 0 bridgehead atoms. The van der Waals surface area contributed by atoms with E-state index in [0.29, 0.717) is 24.9 Å². The van der Waals surface area contributed by atoms with Gasteiger partial charge in [0.1, 0.15) is 11.9 Å². The Bertz CT molecular complexity index is 528. The van der Waals surface area contributed by atoms with Crippen LogP contribution >= 0.6 is 0 Å². The van der Waals surface area contributed by atoms with Crippen LogP contribution in [0.4, 0.5) is 4.79 Å². The number of nitrogens with zero attached hydrogens (tertiary/aromatic N) is 3. The van der Waals surface area contributed by atoms with Crippen LogP contribution in [-0.2, 0) is 11.2 Å². The molecule has 2 heterocycles. The number of carbonyl (C=O) groups is 1. The van der Waals surface area contributed by atoms with Gasteiger partial charge >= 0.3 is 6.09 Å². The third-order valence-corrected chi connectivity index (χ3v) is 3.70. The van der Waals surface area contributed by atoms with Gasteiger partial charge in [0, 0.05) is 30.8 Å². The Morgan fingerprint density at radius 1 is 1.39 bits per heavy atom. The Hall–Kier alpha value is -1.85. The number of amides is 1. The second-order valence-electron chi connectivity index (χ2n) is 6.95. The van der Waals surface area contributed by atoms with Gasteiger partial charge in [0.15, 0.2) is 0 Å². The molecule has 1 aromatic rings.